The quantitative estimate of drug-likeness (QED) is 0.756. The van der Waals surface area contributed by atoms with E-state index in [4.69, 9.17) is 0 Å². The van der Waals surface area contributed by atoms with E-state index in [1.807, 2.05) is 13.8 Å². The van der Waals surface area contributed by atoms with Crippen LogP contribution < -0.4 is 5.56 Å². The lowest BCUT2D eigenvalue weighted by Gasteiger charge is -2.11. The van der Waals surface area contributed by atoms with Crippen LogP contribution in [0.5, 0.6) is 0 Å². The molecule has 0 fully saturated rings. The number of halogens is 2. The monoisotopic (exact) mass is 215 g/mol. The van der Waals surface area contributed by atoms with Crippen LogP contribution in [0.1, 0.15) is 31.7 Å². The summed E-state index contributed by atoms with van der Waals surface area (Å²) in [4.78, 5) is 11.7. The van der Waals surface area contributed by atoms with Gasteiger partial charge in [0.1, 0.15) is 0 Å². The van der Waals surface area contributed by atoms with E-state index in [0.29, 0.717) is 5.56 Å². The number of aromatic nitrogens is 1. The topological polar surface area (TPSA) is 22.0 Å². The minimum atomic E-state index is -2.49. The lowest BCUT2D eigenvalue weighted by molar-refractivity contribution is 0.125. The molecule has 0 saturated heterocycles. The van der Waals surface area contributed by atoms with E-state index in [2.05, 4.69) is 0 Å². The maximum atomic E-state index is 12.2. The normalized spacial score (nSPS) is 13.1. The van der Waals surface area contributed by atoms with Crippen LogP contribution in [0.4, 0.5) is 8.78 Å². The molecule has 0 bridgehead atoms. The molecular formula is C11H15F2NO. The van der Waals surface area contributed by atoms with E-state index in [1.165, 1.54) is 6.20 Å². The molecule has 0 amide bonds. The van der Waals surface area contributed by atoms with Gasteiger partial charge in [-0.15, -0.1) is 0 Å². The molecule has 84 valence electrons. The smallest absolute Gasteiger partial charge is 0.256 e. The van der Waals surface area contributed by atoms with Gasteiger partial charge < -0.3 is 4.57 Å². The summed E-state index contributed by atoms with van der Waals surface area (Å²) in [6, 6.07) is 3.35. The zero-order valence-electron chi connectivity index (χ0n) is 8.91. The zero-order chi connectivity index (χ0) is 11.4. The summed E-state index contributed by atoms with van der Waals surface area (Å²) in [6.07, 6.45) is -0.260. The fourth-order valence-electron chi connectivity index (χ4n) is 1.44. The van der Waals surface area contributed by atoms with Crippen molar-refractivity contribution in [3.8, 4) is 0 Å². The van der Waals surface area contributed by atoms with Gasteiger partial charge in [-0.2, -0.15) is 0 Å². The van der Waals surface area contributed by atoms with Crippen molar-refractivity contribution in [1.29, 1.82) is 0 Å². The number of hydrogen-bond acceptors (Lipinski definition) is 1. The van der Waals surface area contributed by atoms with Gasteiger partial charge in [-0.25, -0.2) is 8.78 Å². The Morgan fingerprint density at radius 1 is 1.47 bits per heavy atom. The first-order valence-electron chi connectivity index (χ1n) is 5.03. The molecule has 0 saturated carbocycles. The van der Waals surface area contributed by atoms with Gasteiger partial charge in [0.25, 0.3) is 12.0 Å². The van der Waals surface area contributed by atoms with Crippen molar-refractivity contribution in [1.82, 2.24) is 4.57 Å². The maximum Gasteiger partial charge on any atom is 0.256 e. The first-order chi connectivity index (χ1) is 7.06. The summed E-state index contributed by atoms with van der Waals surface area (Å²) >= 11 is 0. The van der Waals surface area contributed by atoms with Gasteiger partial charge in [-0.3, -0.25) is 4.79 Å². The third kappa shape index (κ3) is 2.88. The van der Waals surface area contributed by atoms with Gasteiger partial charge >= 0.3 is 0 Å². The molecule has 1 aromatic heterocycles. The van der Waals surface area contributed by atoms with Gasteiger partial charge in [0, 0.05) is 11.8 Å². The van der Waals surface area contributed by atoms with Crippen molar-refractivity contribution >= 4 is 0 Å². The van der Waals surface area contributed by atoms with Crippen LogP contribution in [0, 0.1) is 0 Å². The summed E-state index contributed by atoms with van der Waals surface area (Å²) in [5.74, 6) is 0.114. The van der Waals surface area contributed by atoms with Crippen molar-refractivity contribution in [2.24, 2.45) is 0 Å². The minimum Gasteiger partial charge on any atom is -0.310 e. The molecule has 0 aliphatic heterocycles. The highest BCUT2D eigenvalue weighted by molar-refractivity contribution is 5.14. The molecule has 1 heterocycles. The summed E-state index contributed by atoms with van der Waals surface area (Å²) in [7, 11) is 0. The Hall–Kier alpha value is -1.19. The fraction of sp³-hybridized carbons (Fsp3) is 0.545. The average Bonchev–Trinajstić information content (AvgIpc) is 2.19. The largest absolute Gasteiger partial charge is 0.310 e. The molecule has 1 aromatic rings. The molecule has 0 aromatic carbocycles. The number of nitrogens with zero attached hydrogens (tertiary/aromatic N) is 1. The van der Waals surface area contributed by atoms with Crippen LogP contribution >= 0.6 is 0 Å². The summed E-state index contributed by atoms with van der Waals surface area (Å²) in [5.41, 5.74) is 0.313. The highest BCUT2D eigenvalue weighted by atomic mass is 19.3. The van der Waals surface area contributed by atoms with E-state index < -0.39 is 13.0 Å². The zero-order valence-corrected chi connectivity index (χ0v) is 8.91. The first-order valence-corrected chi connectivity index (χ1v) is 5.03. The van der Waals surface area contributed by atoms with Crippen molar-refractivity contribution in [3.05, 3.63) is 34.2 Å². The number of rotatable bonds is 4. The second-order valence-corrected chi connectivity index (χ2v) is 3.62. The van der Waals surface area contributed by atoms with Crippen LogP contribution in [-0.4, -0.2) is 11.0 Å². The number of alkyl halides is 2. The van der Waals surface area contributed by atoms with E-state index in [0.717, 1.165) is 11.0 Å². The van der Waals surface area contributed by atoms with Crippen molar-refractivity contribution < 1.29 is 8.78 Å². The molecule has 4 heteroatoms. The van der Waals surface area contributed by atoms with E-state index >= 15 is 0 Å². The molecular weight excluding hydrogens is 200 g/mol. The fourth-order valence-corrected chi connectivity index (χ4v) is 1.44. The van der Waals surface area contributed by atoms with E-state index in [1.54, 1.807) is 12.1 Å². The molecule has 0 aliphatic carbocycles. The average molecular weight is 215 g/mol. The van der Waals surface area contributed by atoms with Crippen LogP contribution in [0.15, 0.2) is 23.1 Å². The van der Waals surface area contributed by atoms with Gasteiger partial charge in [0.2, 0.25) is 0 Å². The third-order valence-corrected chi connectivity index (χ3v) is 2.53. The van der Waals surface area contributed by atoms with Gasteiger partial charge in [-0.05, 0) is 18.4 Å². The summed E-state index contributed by atoms with van der Waals surface area (Å²) < 4.78 is 25.4. The number of hydrogen-bond donors (Lipinski definition) is 0. The lowest BCUT2D eigenvalue weighted by atomic mass is 10.0. The highest BCUT2D eigenvalue weighted by Crippen LogP contribution is 2.14. The van der Waals surface area contributed by atoms with Gasteiger partial charge in [0.15, 0.2) is 0 Å². The van der Waals surface area contributed by atoms with Crippen LogP contribution in [0.3, 0.4) is 0 Å². The Morgan fingerprint density at radius 3 is 2.67 bits per heavy atom. The molecule has 2 nitrogen and oxygen atoms in total. The summed E-state index contributed by atoms with van der Waals surface area (Å²) in [5, 5.41) is 0. The Kier molecular flexibility index (Phi) is 4.00. The van der Waals surface area contributed by atoms with Crippen LogP contribution in [0.25, 0.3) is 0 Å². The minimum absolute atomic E-state index is 0.114. The third-order valence-electron chi connectivity index (χ3n) is 2.53. The van der Waals surface area contributed by atoms with Crippen molar-refractivity contribution in [2.45, 2.75) is 39.2 Å². The van der Waals surface area contributed by atoms with E-state index in [9.17, 15) is 13.6 Å². The molecule has 1 rings (SSSR count). The predicted molar refractivity (Wildman–Crippen MR) is 55.4 cm³/mol. The maximum absolute atomic E-state index is 12.2. The van der Waals surface area contributed by atoms with Crippen LogP contribution in [0.2, 0.25) is 0 Å². The van der Waals surface area contributed by atoms with Gasteiger partial charge in [-0.1, -0.05) is 19.9 Å². The Bertz CT molecular complexity index is 373. The molecule has 0 radical (unpaired) electrons. The Labute approximate surface area is 87.5 Å². The van der Waals surface area contributed by atoms with Crippen molar-refractivity contribution in [2.75, 3.05) is 0 Å². The summed E-state index contributed by atoms with van der Waals surface area (Å²) in [6.45, 7) is 3.36. The van der Waals surface area contributed by atoms with E-state index in [-0.39, 0.29) is 11.5 Å². The lowest BCUT2D eigenvalue weighted by Crippen LogP contribution is -2.26. The SMILES string of the molecule is CCC(C)c1cccn(CC(F)F)c1=O. The standard InChI is InChI=1S/C11H15F2NO/c1-3-8(2)9-5-4-6-14(11(9)15)7-10(12)13/h4-6,8,10H,3,7H2,1-2H3. The molecule has 0 spiro atoms. The second-order valence-electron chi connectivity index (χ2n) is 3.62. The number of pyridine rings is 1. The predicted octanol–water partition coefficient (Wildman–Crippen LogP) is 2.63. The second kappa shape index (κ2) is 5.05. The molecule has 1 unspecified atom stereocenters. The Morgan fingerprint density at radius 2 is 2.13 bits per heavy atom. The molecule has 15 heavy (non-hydrogen) atoms. The molecule has 0 N–H and O–H groups in total. The molecule has 1 atom stereocenters. The van der Waals surface area contributed by atoms with Crippen molar-refractivity contribution in [3.63, 3.8) is 0 Å². The Balaban J connectivity index is 3.06. The highest BCUT2D eigenvalue weighted by Gasteiger charge is 2.11. The first kappa shape index (κ1) is 11.9. The van der Waals surface area contributed by atoms with Crippen LogP contribution in [-0.2, 0) is 6.54 Å². The molecule has 0 aliphatic rings. The van der Waals surface area contributed by atoms with Gasteiger partial charge in [0.05, 0.1) is 6.54 Å².